The topological polar surface area (TPSA) is 49.8 Å². The van der Waals surface area contributed by atoms with E-state index >= 15 is 0 Å². The number of hydrogen-bond donors (Lipinski definition) is 1. The van der Waals surface area contributed by atoms with Crippen molar-refractivity contribution in [2.45, 2.75) is 31.8 Å². The van der Waals surface area contributed by atoms with Gasteiger partial charge >= 0.3 is 0 Å². The van der Waals surface area contributed by atoms with E-state index in [9.17, 15) is 9.90 Å². The number of Topliss-reactive ketones (excluding diaryl/α,β-unsaturated/α-hetero) is 1. The first-order chi connectivity index (χ1) is 10.3. The third-order valence-electron chi connectivity index (χ3n) is 4.59. The van der Waals surface area contributed by atoms with Crippen LogP contribution in [-0.2, 0) is 9.53 Å². The Hall–Kier alpha value is -1.39. The molecule has 2 aliphatic rings. The zero-order valence-corrected chi connectivity index (χ0v) is 12.3. The van der Waals surface area contributed by atoms with Crippen LogP contribution in [-0.4, -0.2) is 37.2 Å². The van der Waals surface area contributed by atoms with Gasteiger partial charge in [-0.25, -0.2) is 0 Å². The van der Waals surface area contributed by atoms with Gasteiger partial charge in [0, 0.05) is 36.7 Å². The van der Waals surface area contributed by atoms with Crippen molar-refractivity contribution in [3.63, 3.8) is 0 Å². The minimum Gasteiger partial charge on any atom is -0.388 e. The number of para-hydroxylation sites is 1. The number of carbonyl (C=O) groups excluding carboxylic acids is 1. The standard InChI is InChI=1S/C17H23NO3/c19-16-8-4-2-6-14(16)17(20)13-5-1-3-7-15(13)18-9-11-21-12-10-18/h1,3,5,7,14,17,20H,2,4,6,8-12H2/t14-,17+/m0/s1. The molecule has 1 saturated heterocycles. The number of rotatable bonds is 3. The van der Waals surface area contributed by atoms with E-state index in [2.05, 4.69) is 4.90 Å². The Morgan fingerprint density at radius 3 is 2.71 bits per heavy atom. The second-order valence-electron chi connectivity index (χ2n) is 5.92. The molecule has 4 nitrogen and oxygen atoms in total. The first kappa shape index (κ1) is 14.5. The van der Waals surface area contributed by atoms with Gasteiger partial charge in [-0.3, -0.25) is 4.79 Å². The van der Waals surface area contributed by atoms with Crippen LogP contribution in [0.4, 0.5) is 5.69 Å². The van der Waals surface area contributed by atoms with E-state index < -0.39 is 6.10 Å². The molecule has 21 heavy (non-hydrogen) atoms. The van der Waals surface area contributed by atoms with E-state index in [4.69, 9.17) is 4.74 Å². The van der Waals surface area contributed by atoms with Gasteiger partial charge in [-0.05, 0) is 18.9 Å². The first-order valence-electron chi connectivity index (χ1n) is 7.90. The van der Waals surface area contributed by atoms with E-state index in [-0.39, 0.29) is 11.7 Å². The van der Waals surface area contributed by atoms with Crippen molar-refractivity contribution in [3.8, 4) is 0 Å². The highest BCUT2D eigenvalue weighted by molar-refractivity contribution is 5.82. The maximum Gasteiger partial charge on any atom is 0.138 e. The van der Waals surface area contributed by atoms with Crippen molar-refractivity contribution < 1.29 is 14.6 Å². The monoisotopic (exact) mass is 289 g/mol. The smallest absolute Gasteiger partial charge is 0.138 e. The maximum absolute atomic E-state index is 12.1. The average molecular weight is 289 g/mol. The summed E-state index contributed by atoms with van der Waals surface area (Å²) < 4.78 is 5.40. The summed E-state index contributed by atoms with van der Waals surface area (Å²) in [6, 6.07) is 7.92. The lowest BCUT2D eigenvalue weighted by Crippen LogP contribution is -2.37. The summed E-state index contributed by atoms with van der Waals surface area (Å²) in [5, 5.41) is 10.7. The molecule has 1 aromatic rings. The molecule has 4 heteroatoms. The van der Waals surface area contributed by atoms with E-state index in [0.717, 1.165) is 43.6 Å². The van der Waals surface area contributed by atoms with E-state index in [1.807, 2.05) is 24.3 Å². The molecular weight excluding hydrogens is 266 g/mol. The minimum absolute atomic E-state index is 0.213. The number of ether oxygens (including phenoxy) is 1. The first-order valence-corrected chi connectivity index (χ1v) is 7.90. The maximum atomic E-state index is 12.1. The van der Waals surface area contributed by atoms with Crippen LogP contribution in [0.3, 0.4) is 0 Å². The lowest BCUT2D eigenvalue weighted by atomic mass is 9.81. The summed E-state index contributed by atoms with van der Waals surface area (Å²) in [4.78, 5) is 14.3. The summed E-state index contributed by atoms with van der Waals surface area (Å²) in [5.74, 6) is -0.0218. The molecule has 2 atom stereocenters. The van der Waals surface area contributed by atoms with Crippen molar-refractivity contribution in [1.29, 1.82) is 0 Å². The lowest BCUT2D eigenvalue weighted by Gasteiger charge is -2.33. The number of ketones is 1. The Bertz CT molecular complexity index is 497. The molecule has 0 amide bonds. The molecule has 1 aliphatic heterocycles. The number of benzene rings is 1. The molecule has 1 saturated carbocycles. The highest BCUT2D eigenvalue weighted by Gasteiger charge is 2.32. The summed E-state index contributed by atoms with van der Waals surface area (Å²) >= 11 is 0. The molecule has 0 bridgehead atoms. The third-order valence-corrected chi connectivity index (χ3v) is 4.59. The Kier molecular flexibility index (Phi) is 4.56. The van der Waals surface area contributed by atoms with Gasteiger partial charge in [-0.15, -0.1) is 0 Å². The largest absolute Gasteiger partial charge is 0.388 e. The fourth-order valence-corrected chi connectivity index (χ4v) is 3.39. The molecule has 0 spiro atoms. The molecule has 1 heterocycles. The fraction of sp³-hybridized carbons (Fsp3) is 0.588. The summed E-state index contributed by atoms with van der Waals surface area (Å²) in [7, 11) is 0. The van der Waals surface area contributed by atoms with Gasteiger partial charge in [0.25, 0.3) is 0 Å². The fourth-order valence-electron chi connectivity index (χ4n) is 3.39. The van der Waals surface area contributed by atoms with Crippen LogP contribution >= 0.6 is 0 Å². The number of anilines is 1. The SMILES string of the molecule is O=C1CCCC[C@@H]1[C@H](O)c1ccccc1N1CCOCC1. The number of morpholine rings is 1. The third kappa shape index (κ3) is 3.11. The molecule has 2 fully saturated rings. The van der Waals surface area contributed by atoms with Gasteiger partial charge in [0.1, 0.15) is 5.78 Å². The molecule has 1 N–H and O–H groups in total. The van der Waals surface area contributed by atoms with E-state index in [0.29, 0.717) is 19.6 Å². The summed E-state index contributed by atoms with van der Waals surface area (Å²) in [5.41, 5.74) is 1.94. The van der Waals surface area contributed by atoms with Gasteiger partial charge in [-0.1, -0.05) is 24.6 Å². The van der Waals surface area contributed by atoms with Gasteiger partial charge in [0.05, 0.1) is 19.3 Å². The number of aliphatic hydroxyl groups is 1. The van der Waals surface area contributed by atoms with Crippen LogP contribution in [0.15, 0.2) is 24.3 Å². The molecule has 1 aliphatic carbocycles. The minimum atomic E-state index is -0.683. The van der Waals surface area contributed by atoms with E-state index in [1.165, 1.54) is 0 Å². The van der Waals surface area contributed by atoms with Crippen LogP contribution in [0, 0.1) is 5.92 Å². The molecule has 0 radical (unpaired) electrons. The van der Waals surface area contributed by atoms with Crippen molar-refractivity contribution >= 4 is 11.5 Å². The predicted octanol–water partition coefficient (Wildman–Crippen LogP) is 2.32. The quantitative estimate of drug-likeness (QED) is 0.928. The Morgan fingerprint density at radius 1 is 1.19 bits per heavy atom. The molecule has 3 rings (SSSR count). The zero-order chi connectivity index (χ0) is 14.7. The molecular formula is C17H23NO3. The molecule has 0 aromatic heterocycles. The second kappa shape index (κ2) is 6.58. The lowest BCUT2D eigenvalue weighted by molar-refractivity contribution is -0.128. The zero-order valence-electron chi connectivity index (χ0n) is 12.3. The number of hydrogen-bond acceptors (Lipinski definition) is 4. The van der Waals surface area contributed by atoms with E-state index in [1.54, 1.807) is 0 Å². The van der Waals surface area contributed by atoms with Crippen molar-refractivity contribution in [1.82, 2.24) is 0 Å². The average Bonchev–Trinajstić information content (AvgIpc) is 2.55. The van der Waals surface area contributed by atoms with Gasteiger partial charge in [0.2, 0.25) is 0 Å². The number of aliphatic hydroxyl groups excluding tert-OH is 1. The van der Waals surface area contributed by atoms with Crippen molar-refractivity contribution in [2.24, 2.45) is 5.92 Å². The number of carbonyl (C=O) groups is 1. The Morgan fingerprint density at radius 2 is 1.95 bits per heavy atom. The summed E-state index contributed by atoms with van der Waals surface area (Å²) in [6.07, 6.45) is 2.73. The van der Waals surface area contributed by atoms with Crippen molar-refractivity contribution in [3.05, 3.63) is 29.8 Å². The van der Waals surface area contributed by atoms with Gasteiger partial charge < -0.3 is 14.7 Å². The Labute approximate surface area is 125 Å². The second-order valence-corrected chi connectivity index (χ2v) is 5.92. The normalized spacial score (nSPS) is 24.9. The molecule has 1 aromatic carbocycles. The number of nitrogens with zero attached hydrogens (tertiary/aromatic N) is 1. The van der Waals surface area contributed by atoms with Crippen LogP contribution in [0.25, 0.3) is 0 Å². The van der Waals surface area contributed by atoms with Crippen LogP contribution in [0.5, 0.6) is 0 Å². The van der Waals surface area contributed by atoms with Crippen LogP contribution in [0.2, 0.25) is 0 Å². The Balaban J connectivity index is 1.85. The molecule has 0 unspecified atom stereocenters. The highest BCUT2D eigenvalue weighted by Crippen LogP contribution is 2.36. The van der Waals surface area contributed by atoms with Crippen LogP contribution in [0.1, 0.15) is 37.4 Å². The van der Waals surface area contributed by atoms with Crippen LogP contribution < -0.4 is 4.90 Å². The van der Waals surface area contributed by atoms with Crippen molar-refractivity contribution in [2.75, 3.05) is 31.2 Å². The summed E-state index contributed by atoms with van der Waals surface area (Å²) in [6.45, 7) is 3.10. The molecule has 114 valence electrons. The van der Waals surface area contributed by atoms with Gasteiger partial charge in [-0.2, -0.15) is 0 Å². The highest BCUT2D eigenvalue weighted by atomic mass is 16.5. The predicted molar refractivity (Wildman–Crippen MR) is 81.4 cm³/mol. The van der Waals surface area contributed by atoms with Gasteiger partial charge in [0.15, 0.2) is 0 Å².